The maximum atomic E-state index is 12.4. The first-order chi connectivity index (χ1) is 9.24. The minimum Gasteiger partial charge on any atom is -0.343 e. The van der Waals surface area contributed by atoms with Crippen molar-refractivity contribution >= 4 is 18.3 Å². The van der Waals surface area contributed by atoms with Crippen LogP contribution < -0.4 is 5.32 Å². The van der Waals surface area contributed by atoms with Gasteiger partial charge in [-0.3, -0.25) is 4.79 Å². The minimum absolute atomic E-state index is 0. The third-order valence-corrected chi connectivity index (χ3v) is 5.26. The van der Waals surface area contributed by atoms with Crippen molar-refractivity contribution in [1.29, 1.82) is 0 Å². The zero-order valence-corrected chi connectivity index (χ0v) is 13.0. The van der Waals surface area contributed by atoms with Gasteiger partial charge < -0.3 is 10.2 Å². The molecule has 2 atom stereocenters. The third kappa shape index (κ3) is 3.56. The summed E-state index contributed by atoms with van der Waals surface area (Å²) < 4.78 is 0. The number of rotatable bonds is 3. The number of piperidine rings is 2. The molecule has 0 aromatic heterocycles. The Hall–Kier alpha value is -0.540. The Morgan fingerprint density at radius 1 is 1.15 bits per heavy atom. The zero-order valence-electron chi connectivity index (χ0n) is 12.2. The number of allylic oxidation sites excluding steroid dienone is 1. The molecular formula is C16H27ClN2O. The normalized spacial score (nSPS) is 33.6. The van der Waals surface area contributed by atoms with E-state index in [4.69, 9.17) is 0 Å². The molecule has 3 aliphatic heterocycles. The van der Waals surface area contributed by atoms with Crippen molar-refractivity contribution in [3.63, 3.8) is 0 Å². The number of hydrogen-bond donors (Lipinski definition) is 1. The van der Waals surface area contributed by atoms with Gasteiger partial charge in [-0.15, -0.1) is 19.0 Å². The van der Waals surface area contributed by atoms with Crippen molar-refractivity contribution in [2.24, 2.45) is 11.8 Å². The molecule has 20 heavy (non-hydrogen) atoms. The van der Waals surface area contributed by atoms with Crippen molar-refractivity contribution in [2.75, 3.05) is 13.1 Å². The Morgan fingerprint density at radius 3 is 2.30 bits per heavy atom. The Bertz CT molecular complexity index is 340. The van der Waals surface area contributed by atoms with Crippen LogP contribution in [0.4, 0.5) is 0 Å². The largest absolute Gasteiger partial charge is 0.343 e. The lowest BCUT2D eigenvalue weighted by Crippen LogP contribution is -2.42. The van der Waals surface area contributed by atoms with Gasteiger partial charge in [-0.1, -0.05) is 6.08 Å². The van der Waals surface area contributed by atoms with E-state index in [0.29, 0.717) is 29.8 Å². The van der Waals surface area contributed by atoms with Crippen LogP contribution in [0.3, 0.4) is 0 Å². The van der Waals surface area contributed by atoms with Crippen LogP contribution in [-0.4, -0.2) is 36.0 Å². The highest BCUT2D eigenvalue weighted by atomic mass is 35.5. The molecule has 0 aromatic carbocycles. The van der Waals surface area contributed by atoms with Gasteiger partial charge in [-0.25, -0.2) is 0 Å². The van der Waals surface area contributed by atoms with Gasteiger partial charge in [-0.2, -0.15) is 0 Å². The maximum Gasteiger partial charge on any atom is 0.222 e. The summed E-state index contributed by atoms with van der Waals surface area (Å²) >= 11 is 0. The lowest BCUT2D eigenvalue weighted by atomic mass is 9.88. The van der Waals surface area contributed by atoms with Crippen LogP contribution in [0, 0.1) is 11.8 Å². The summed E-state index contributed by atoms with van der Waals surface area (Å²) in [7, 11) is 0. The molecule has 1 N–H and O–H groups in total. The van der Waals surface area contributed by atoms with E-state index >= 15 is 0 Å². The minimum atomic E-state index is 0. The molecule has 0 radical (unpaired) electrons. The predicted molar refractivity (Wildman–Crippen MR) is 84.0 cm³/mol. The zero-order chi connectivity index (χ0) is 13.2. The molecule has 4 heteroatoms. The fraction of sp³-hybridized carbons (Fsp3) is 0.812. The number of likely N-dealkylation sites (tertiary alicyclic amines) is 1. The predicted octanol–water partition coefficient (Wildman–Crippen LogP) is 2.75. The summed E-state index contributed by atoms with van der Waals surface area (Å²) in [4.78, 5) is 14.5. The van der Waals surface area contributed by atoms with Gasteiger partial charge in [0, 0.05) is 31.6 Å². The van der Waals surface area contributed by atoms with Crippen LogP contribution in [-0.2, 0) is 4.79 Å². The van der Waals surface area contributed by atoms with Gasteiger partial charge in [0.1, 0.15) is 0 Å². The van der Waals surface area contributed by atoms with E-state index in [1.807, 2.05) is 6.08 Å². The van der Waals surface area contributed by atoms with Crippen LogP contribution in [0.25, 0.3) is 0 Å². The molecule has 114 valence electrons. The van der Waals surface area contributed by atoms with Crippen molar-refractivity contribution < 1.29 is 4.79 Å². The van der Waals surface area contributed by atoms with E-state index < -0.39 is 0 Å². The van der Waals surface area contributed by atoms with Crippen LogP contribution >= 0.6 is 12.4 Å². The first-order valence-electron chi connectivity index (χ1n) is 7.91. The summed E-state index contributed by atoms with van der Waals surface area (Å²) in [5.74, 6) is 1.65. The third-order valence-electron chi connectivity index (χ3n) is 5.26. The van der Waals surface area contributed by atoms with Crippen molar-refractivity contribution in [2.45, 2.75) is 57.0 Å². The van der Waals surface area contributed by atoms with Crippen molar-refractivity contribution in [1.82, 2.24) is 10.2 Å². The van der Waals surface area contributed by atoms with Crippen molar-refractivity contribution in [3.05, 3.63) is 12.7 Å². The molecule has 2 unspecified atom stereocenters. The summed E-state index contributed by atoms with van der Waals surface area (Å²) in [6.07, 6.45) is 10.1. The fourth-order valence-electron chi connectivity index (χ4n) is 4.10. The van der Waals surface area contributed by atoms with E-state index in [1.54, 1.807) is 0 Å². The SMILES string of the molecule is C=CC1CCN(C(=O)CC2CC3CCC(C2)N3)CC1.Cl. The topological polar surface area (TPSA) is 32.3 Å². The Kier molecular flexibility index (Phi) is 5.50. The number of carbonyl (C=O) groups is 1. The molecule has 3 saturated heterocycles. The molecule has 3 nitrogen and oxygen atoms in total. The highest BCUT2D eigenvalue weighted by Gasteiger charge is 2.35. The Morgan fingerprint density at radius 2 is 1.75 bits per heavy atom. The van der Waals surface area contributed by atoms with E-state index in [1.165, 1.54) is 25.7 Å². The van der Waals surface area contributed by atoms with E-state index in [9.17, 15) is 4.79 Å². The van der Waals surface area contributed by atoms with Gasteiger partial charge in [0.05, 0.1) is 0 Å². The monoisotopic (exact) mass is 298 g/mol. The smallest absolute Gasteiger partial charge is 0.222 e. The van der Waals surface area contributed by atoms with E-state index in [-0.39, 0.29) is 12.4 Å². The van der Waals surface area contributed by atoms with E-state index in [2.05, 4.69) is 16.8 Å². The average Bonchev–Trinajstić information content (AvgIpc) is 2.78. The molecule has 2 bridgehead atoms. The van der Waals surface area contributed by atoms with Gasteiger partial charge in [-0.05, 0) is 50.4 Å². The summed E-state index contributed by atoms with van der Waals surface area (Å²) in [6.45, 7) is 5.74. The standard InChI is InChI=1S/C16H26N2O.ClH/c1-2-12-5-7-18(8-6-12)16(19)11-13-9-14-3-4-15(10-13)17-14;/h2,12-15,17H,1,3-11H2;1H. The lowest BCUT2D eigenvalue weighted by Gasteiger charge is -2.34. The molecule has 3 fully saturated rings. The quantitative estimate of drug-likeness (QED) is 0.813. The van der Waals surface area contributed by atoms with Gasteiger partial charge >= 0.3 is 0 Å². The highest BCUT2D eigenvalue weighted by Crippen LogP contribution is 2.33. The van der Waals surface area contributed by atoms with E-state index in [0.717, 1.165) is 32.4 Å². The number of fused-ring (bicyclic) bond motifs is 2. The number of halogens is 1. The average molecular weight is 299 g/mol. The van der Waals surface area contributed by atoms with Crippen LogP contribution in [0.15, 0.2) is 12.7 Å². The summed E-state index contributed by atoms with van der Waals surface area (Å²) in [5.41, 5.74) is 0. The number of amides is 1. The first-order valence-corrected chi connectivity index (χ1v) is 7.91. The molecule has 0 aromatic rings. The van der Waals surface area contributed by atoms with Crippen LogP contribution in [0.1, 0.15) is 44.9 Å². The van der Waals surface area contributed by atoms with Gasteiger partial charge in [0.2, 0.25) is 5.91 Å². The molecule has 0 saturated carbocycles. The fourth-order valence-corrected chi connectivity index (χ4v) is 4.10. The molecule has 3 heterocycles. The second-order valence-electron chi connectivity index (χ2n) is 6.63. The molecule has 0 spiro atoms. The van der Waals surface area contributed by atoms with Crippen LogP contribution in [0.2, 0.25) is 0 Å². The van der Waals surface area contributed by atoms with Gasteiger partial charge in [0.25, 0.3) is 0 Å². The molecule has 3 rings (SSSR count). The Labute approximate surface area is 128 Å². The maximum absolute atomic E-state index is 12.4. The number of nitrogens with one attached hydrogen (secondary N) is 1. The summed E-state index contributed by atoms with van der Waals surface area (Å²) in [6, 6.07) is 1.39. The molecule has 0 aliphatic carbocycles. The Balaban J connectivity index is 0.00000147. The van der Waals surface area contributed by atoms with Crippen molar-refractivity contribution in [3.8, 4) is 0 Å². The van der Waals surface area contributed by atoms with Gasteiger partial charge in [0.15, 0.2) is 0 Å². The van der Waals surface area contributed by atoms with Crippen LogP contribution in [0.5, 0.6) is 0 Å². The summed E-state index contributed by atoms with van der Waals surface area (Å²) in [5, 5.41) is 3.65. The second kappa shape index (κ2) is 6.95. The number of hydrogen-bond acceptors (Lipinski definition) is 2. The number of nitrogens with zero attached hydrogens (tertiary/aromatic N) is 1. The molecular weight excluding hydrogens is 272 g/mol. The lowest BCUT2D eigenvalue weighted by molar-refractivity contribution is -0.133. The molecule has 3 aliphatic rings. The second-order valence-corrected chi connectivity index (χ2v) is 6.63. The molecule has 1 amide bonds. The number of carbonyl (C=O) groups excluding carboxylic acids is 1. The first kappa shape index (κ1) is 15.8. The highest BCUT2D eigenvalue weighted by molar-refractivity contribution is 5.85.